The lowest BCUT2D eigenvalue weighted by Gasteiger charge is -2.11. The molecule has 1 heterocycles. The Morgan fingerprint density at radius 2 is 2.70 bits per heavy atom. The number of quaternary nitrogens is 1. The molecule has 0 atom stereocenters. The summed E-state index contributed by atoms with van der Waals surface area (Å²) in [6.07, 6.45) is 3.07. The molecule has 0 amide bonds. The molecule has 0 aliphatic carbocycles. The van der Waals surface area contributed by atoms with E-state index in [1.165, 1.54) is 5.57 Å². The van der Waals surface area contributed by atoms with Gasteiger partial charge in [0.2, 0.25) is 0 Å². The summed E-state index contributed by atoms with van der Waals surface area (Å²) in [5, 5.41) is 4.76. The lowest BCUT2D eigenvalue weighted by molar-refractivity contribution is -0.474. The van der Waals surface area contributed by atoms with Crippen molar-refractivity contribution in [2.24, 2.45) is 4.99 Å². The van der Waals surface area contributed by atoms with Crippen LogP contribution in [0.3, 0.4) is 0 Å². The summed E-state index contributed by atoms with van der Waals surface area (Å²) in [6.45, 7) is 2.95. The number of nitrogens with two attached hydrogens (primary N) is 1. The van der Waals surface area contributed by atoms with Crippen LogP contribution in [0.15, 0.2) is 16.8 Å². The van der Waals surface area contributed by atoms with E-state index in [1.54, 1.807) is 5.32 Å². The second-order valence-electron chi connectivity index (χ2n) is 2.21. The van der Waals surface area contributed by atoms with Gasteiger partial charge in [0.1, 0.15) is 0 Å². The summed E-state index contributed by atoms with van der Waals surface area (Å²) in [7, 11) is 3.61. The summed E-state index contributed by atoms with van der Waals surface area (Å²) in [6, 6.07) is 0. The third-order valence-corrected chi connectivity index (χ3v) is 1.52. The van der Waals surface area contributed by atoms with Crippen LogP contribution in [-0.4, -0.2) is 12.5 Å². The van der Waals surface area contributed by atoms with Gasteiger partial charge < -0.3 is 10.6 Å². The molecular weight excluding hydrogens is 126 g/mol. The Bertz CT molecular complexity index is 150. The maximum atomic E-state index is 4.22. The highest BCUT2D eigenvalue weighted by Crippen LogP contribution is 2.01. The number of hydrogen-bond donors (Lipinski definition) is 2. The highest BCUT2D eigenvalue weighted by Gasteiger charge is 2.02. The Labute approximate surface area is 61.2 Å². The van der Waals surface area contributed by atoms with Gasteiger partial charge in [-0.25, -0.2) is 4.99 Å². The van der Waals surface area contributed by atoms with Crippen LogP contribution in [0, 0.1) is 7.05 Å². The summed E-state index contributed by atoms with van der Waals surface area (Å²) in [5.74, 6) is 0.872. The lowest BCUT2D eigenvalue weighted by atomic mass is 10.2. The Morgan fingerprint density at radius 1 is 1.90 bits per heavy atom. The summed E-state index contributed by atoms with van der Waals surface area (Å²) >= 11 is 0. The lowest BCUT2D eigenvalue weighted by Crippen LogP contribution is -2.85. The van der Waals surface area contributed by atoms with E-state index in [1.807, 2.05) is 6.20 Å². The van der Waals surface area contributed by atoms with Crippen molar-refractivity contribution >= 4 is 5.96 Å². The van der Waals surface area contributed by atoms with Crippen molar-refractivity contribution in [3.63, 3.8) is 0 Å². The molecule has 1 aliphatic heterocycles. The maximum Gasteiger partial charge on any atom is 0.271 e. The monoisotopic (exact) mass is 139 g/mol. The van der Waals surface area contributed by atoms with Crippen LogP contribution < -0.4 is 10.6 Å². The quantitative estimate of drug-likeness (QED) is 0.477. The fourth-order valence-corrected chi connectivity index (χ4v) is 0.791. The smallest absolute Gasteiger partial charge is 0.271 e. The molecule has 3 heteroatoms. The van der Waals surface area contributed by atoms with Crippen molar-refractivity contribution in [3.05, 3.63) is 18.8 Å². The molecule has 0 aromatic carbocycles. The fraction of sp³-hybridized carbons (Fsp3) is 0.429. The van der Waals surface area contributed by atoms with Crippen molar-refractivity contribution in [2.45, 2.75) is 13.3 Å². The largest absolute Gasteiger partial charge is 0.414 e. The van der Waals surface area contributed by atoms with Gasteiger partial charge in [-0.15, -0.1) is 7.05 Å². The minimum absolute atomic E-state index is 0.824. The second kappa shape index (κ2) is 3.37. The zero-order chi connectivity index (χ0) is 7.40. The highest BCUT2D eigenvalue weighted by atomic mass is 15.2. The van der Waals surface area contributed by atoms with Gasteiger partial charge in [-0.3, -0.25) is 0 Å². The predicted molar refractivity (Wildman–Crippen MR) is 41.1 cm³/mol. The molecule has 0 fully saturated rings. The molecule has 0 unspecified atom stereocenters. The van der Waals surface area contributed by atoms with Gasteiger partial charge in [-0.1, -0.05) is 6.92 Å². The van der Waals surface area contributed by atoms with Gasteiger partial charge in [0.25, 0.3) is 5.96 Å². The SMILES string of the molecule is [CH2-][NH2+]C1=NCC(CC)=CN1. The van der Waals surface area contributed by atoms with E-state index in [0.29, 0.717) is 0 Å². The molecule has 0 spiro atoms. The number of nitrogens with zero attached hydrogens (tertiary/aromatic N) is 1. The van der Waals surface area contributed by atoms with Crippen LogP contribution in [0.25, 0.3) is 0 Å². The Hall–Kier alpha value is -0.830. The number of hydrogen-bond acceptors (Lipinski definition) is 2. The highest BCUT2D eigenvalue weighted by molar-refractivity contribution is 5.72. The van der Waals surface area contributed by atoms with Crippen LogP contribution >= 0.6 is 0 Å². The molecule has 1 aliphatic rings. The predicted octanol–water partition coefficient (Wildman–Crippen LogP) is -0.406. The van der Waals surface area contributed by atoms with Crippen LogP contribution in [0.5, 0.6) is 0 Å². The van der Waals surface area contributed by atoms with E-state index in [4.69, 9.17) is 0 Å². The maximum absolute atomic E-state index is 4.22. The van der Waals surface area contributed by atoms with Gasteiger partial charge >= 0.3 is 0 Å². The molecule has 0 saturated carbocycles. The first-order valence-corrected chi connectivity index (χ1v) is 3.48. The molecule has 56 valence electrons. The van der Waals surface area contributed by atoms with E-state index < -0.39 is 0 Å². The van der Waals surface area contributed by atoms with Gasteiger partial charge in [-0.2, -0.15) is 0 Å². The van der Waals surface area contributed by atoms with Crippen LogP contribution in [0.2, 0.25) is 0 Å². The Morgan fingerprint density at radius 3 is 3.10 bits per heavy atom. The minimum Gasteiger partial charge on any atom is -0.414 e. The first-order valence-electron chi connectivity index (χ1n) is 3.48. The van der Waals surface area contributed by atoms with Crippen molar-refractivity contribution < 1.29 is 5.32 Å². The van der Waals surface area contributed by atoms with Crippen molar-refractivity contribution in [2.75, 3.05) is 6.54 Å². The van der Waals surface area contributed by atoms with E-state index in [9.17, 15) is 0 Å². The number of rotatable bonds is 1. The summed E-state index contributed by atoms with van der Waals surface area (Å²) < 4.78 is 0. The molecule has 10 heavy (non-hydrogen) atoms. The standard InChI is InChI=1S/C7H13N3/c1-3-6-4-9-7(8-2)10-5-6/h4H,2-3,5,8H2,1H3,(H,9,10). The molecular formula is C7H13N3. The number of guanidine groups is 1. The average molecular weight is 139 g/mol. The molecule has 0 bridgehead atoms. The molecule has 1 rings (SSSR count). The van der Waals surface area contributed by atoms with Gasteiger partial charge in [0.15, 0.2) is 0 Å². The van der Waals surface area contributed by atoms with Gasteiger partial charge in [0, 0.05) is 6.20 Å². The van der Waals surface area contributed by atoms with Crippen molar-refractivity contribution in [1.29, 1.82) is 0 Å². The first-order chi connectivity index (χ1) is 4.86. The third-order valence-electron chi connectivity index (χ3n) is 1.52. The van der Waals surface area contributed by atoms with Crippen LogP contribution in [-0.2, 0) is 0 Å². The second-order valence-corrected chi connectivity index (χ2v) is 2.21. The van der Waals surface area contributed by atoms with E-state index in [2.05, 4.69) is 24.3 Å². The minimum atomic E-state index is 0.824. The Kier molecular flexibility index (Phi) is 2.45. The first kappa shape index (κ1) is 7.28. The molecule has 0 saturated heterocycles. The topological polar surface area (TPSA) is 41.0 Å². The number of nitrogens with one attached hydrogen (secondary N) is 1. The molecule has 3 N–H and O–H groups in total. The normalized spacial score (nSPS) is 17.4. The Balaban J connectivity index is 2.45. The van der Waals surface area contributed by atoms with E-state index in [-0.39, 0.29) is 0 Å². The van der Waals surface area contributed by atoms with E-state index in [0.717, 1.165) is 18.9 Å². The zero-order valence-corrected chi connectivity index (χ0v) is 6.22. The average Bonchev–Trinajstić information content (AvgIpc) is 2.05. The van der Waals surface area contributed by atoms with Gasteiger partial charge in [-0.05, 0) is 12.0 Å². The van der Waals surface area contributed by atoms with E-state index >= 15 is 0 Å². The fourth-order valence-electron chi connectivity index (χ4n) is 0.791. The molecule has 0 radical (unpaired) electrons. The molecule has 0 aromatic heterocycles. The summed E-state index contributed by atoms with van der Waals surface area (Å²) in [4.78, 5) is 4.22. The molecule has 3 nitrogen and oxygen atoms in total. The van der Waals surface area contributed by atoms with Crippen molar-refractivity contribution in [1.82, 2.24) is 5.32 Å². The molecule has 0 aromatic rings. The third kappa shape index (κ3) is 1.57. The zero-order valence-electron chi connectivity index (χ0n) is 6.22. The van der Waals surface area contributed by atoms with Gasteiger partial charge in [0.05, 0.1) is 6.54 Å². The van der Waals surface area contributed by atoms with Crippen LogP contribution in [0.1, 0.15) is 13.3 Å². The van der Waals surface area contributed by atoms with Crippen molar-refractivity contribution in [3.8, 4) is 0 Å². The number of aliphatic imine (C=N–C) groups is 1. The summed E-state index contributed by atoms with van der Waals surface area (Å²) in [5.41, 5.74) is 1.34. The van der Waals surface area contributed by atoms with Crippen LogP contribution in [0.4, 0.5) is 0 Å².